The number of anilines is 1. The van der Waals surface area contributed by atoms with Crippen molar-refractivity contribution in [3.63, 3.8) is 0 Å². The molecule has 3 N–H and O–H groups in total. The molecule has 8 nitrogen and oxygen atoms in total. The first-order valence-electron chi connectivity index (χ1n) is 10.4. The molecule has 1 heterocycles. The van der Waals surface area contributed by atoms with Gasteiger partial charge in [-0.2, -0.15) is 0 Å². The number of hydrogen-bond donors (Lipinski definition) is 2. The van der Waals surface area contributed by atoms with Gasteiger partial charge in [-0.05, 0) is 61.6 Å². The van der Waals surface area contributed by atoms with Gasteiger partial charge in [0.2, 0.25) is 6.79 Å². The first kappa shape index (κ1) is 21.0. The normalized spacial score (nSPS) is 19.5. The van der Waals surface area contributed by atoms with Crippen molar-refractivity contribution in [2.24, 2.45) is 5.73 Å². The van der Waals surface area contributed by atoms with Crippen LogP contribution in [-0.2, 0) is 11.3 Å². The van der Waals surface area contributed by atoms with Gasteiger partial charge in [0.1, 0.15) is 0 Å². The second-order valence-corrected chi connectivity index (χ2v) is 7.89. The van der Waals surface area contributed by atoms with Crippen LogP contribution >= 0.6 is 0 Å². The van der Waals surface area contributed by atoms with Crippen LogP contribution in [0, 0.1) is 0 Å². The molecule has 2 aromatic carbocycles. The molecule has 0 radical (unpaired) electrons. The third-order valence-corrected chi connectivity index (χ3v) is 5.77. The average molecular weight is 425 g/mol. The molecule has 8 heteroatoms. The van der Waals surface area contributed by atoms with Gasteiger partial charge in [-0.15, -0.1) is 0 Å². The van der Waals surface area contributed by atoms with Crippen molar-refractivity contribution in [3.05, 3.63) is 53.6 Å². The number of nitrogens with one attached hydrogen (secondary N) is 1. The third kappa shape index (κ3) is 4.91. The molecule has 0 spiro atoms. The smallest absolute Gasteiger partial charge is 0.411 e. The van der Waals surface area contributed by atoms with Gasteiger partial charge < -0.3 is 24.8 Å². The number of rotatable bonds is 5. The first-order chi connectivity index (χ1) is 15.0. The molecule has 0 atom stereocenters. The molecule has 0 bridgehead atoms. The summed E-state index contributed by atoms with van der Waals surface area (Å²) in [6.07, 6.45) is 2.96. The maximum absolute atomic E-state index is 13.5. The molecule has 1 fully saturated rings. The van der Waals surface area contributed by atoms with Gasteiger partial charge in [0.15, 0.2) is 11.5 Å². The Morgan fingerprint density at radius 3 is 2.65 bits per heavy atom. The minimum Gasteiger partial charge on any atom is -0.454 e. The fraction of sp³-hybridized carbons (Fsp3) is 0.391. The first-order valence-corrected chi connectivity index (χ1v) is 10.4. The Labute approximate surface area is 181 Å². The highest BCUT2D eigenvalue weighted by Gasteiger charge is 2.29. The van der Waals surface area contributed by atoms with Crippen molar-refractivity contribution in [1.82, 2.24) is 4.90 Å². The summed E-state index contributed by atoms with van der Waals surface area (Å²) in [7, 11) is 1.32. The van der Waals surface area contributed by atoms with Crippen LogP contribution in [0.2, 0.25) is 0 Å². The standard InChI is InChI=1S/C23H27N3O5/c1-29-23(28)25-18-4-2-3-15(11-18)13-26(19-8-6-17(24)7-9-19)22(27)16-5-10-20-21(12-16)31-14-30-20/h2-5,10-12,17,19H,6-9,13-14,24H2,1H3,(H,25,28). The van der Waals surface area contributed by atoms with E-state index in [-0.39, 0.29) is 24.8 Å². The lowest BCUT2D eigenvalue weighted by atomic mass is 9.90. The van der Waals surface area contributed by atoms with E-state index in [2.05, 4.69) is 10.1 Å². The minimum absolute atomic E-state index is 0.0647. The van der Waals surface area contributed by atoms with E-state index in [1.54, 1.807) is 24.3 Å². The van der Waals surface area contributed by atoms with E-state index >= 15 is 0 Å². The van der Waals surface area contributed by atoms with Crippen molar-refractivity contribution < 1.29 is 23.8 Å². The Bertz CT molecular complexity index is 956. The van der Waals surface area contributed by atoms with Crippen molar-refractivity contribution in [3.8, 4) is 11.5 Å². The van der Waals surface area contributed by atoms with Crippen LogP contribution in [0.4, 0.5) is 10.5 Å². The molecule has 1 aliphatic heterocycles. The zero-order valence-electron chi connectivity index (χ0n) is 17.5. The molecule has 2 aliphatic rings. The summed E-state index contributed by atoms with van der Waals surface area (Å²) in [5.74, 6) is 1.17. The van der Waals surface area contributed by atoms with Crippen LogP contribution in [0.15, 0.2) is 42.5 Å². The molecular formula is C23H27N3O5. The lowest BCUT2D eigenvalue weighted by Gasteiger charge is -2.36. The van der Waals surface area contributed by atoms with E-state index in [0.717, 1.165) is 31.2 Å². The van der Waals surface area contributed by atoms with Crippen molar-refractivity contribution in [2.75, 3.05) is 19.2 Å². The predicted molar refractivity (Wildman–Crippen MR) is 115 cm³/mol. The van der Waals surface area contributed by atoms with E-state index < -0.39 is 6.09 Å². The molecule has 0 unspecified atom stereocenters. The predicted octanol–water partition coefficient (Wildman–Crippen LogP) is 3.51. The van der Waals surface area contributed by atoms with Gasteiger partial charge in [-0.25, -0.2) is 4.79 Å². The highest BCUT2D eigenvalue weighted by molar-refractivity contribution is 5.95. The lowest BCUT2D eigenvalue weighted by molar-refractivity contribution is 0.0606. The van der Waals surface area contributed by atoms with E-state index in [0.29, 0.717) is 29.3 Å². The molecule has 164 valence electrons. The van der Waals surface area contributed by atoms with Crippen molar-refractivity contribution in [2.45, 2.75) is 44.3 Å². The Kier molecular flexibility index (Phi) is 6.27. The third-order valence-electron chi connectivity index (χ3n) is 5.77. The fourth-order valence-corrected chi connectivity index (χ4v) is 4.09. The number of carbonyl (C=O) groups excluding carboxylic acids is 2. The molecule has 1 saturated carbocycles. The number of methoxy groups -OCH3 is 1. The summed E-state index contributed by atoms with van der Waals surface area (Å²) in [5, 5.41) is 2.67. The number of nitrogens with zero attached hydrogens (tertiary/aromatic N) is 1. The van der Waals surface area contributed by atoms with Gasteiger partial charge >= 0.3 is 6.09 Å². The highest BCUT2D eigenvalue weighted by Crippen LogP contribution is 2.34. The maximum Gasteiger partial charge on any atom is 0.411 e. The largest absolute Gasteiger partial charge is 0.454 e. The van der Waals surface area contributed by atoms with Gasteiger partial charge in [-0.3, -0.25) is 10.1 Å². The van der Waals surface area contributed by atoms with Gasteiger partial charge in [0.25, 0.3) is 5.91 Å². The van der Waals surface area contributed by atoms with Crippen molar-refractivity contribution >= 4 is 17.7 Å². The van der Waals surface area contributed by atoms with Gasteiger partial charge in [0.05, 0.1) is 7.11 Å². The Morgan fingerprint density at radius 1 is 1.10 bits per heavy atom. The van der Waals surface area contributed by atoms with Crippen LogP contribution in [0.25, 0.3) is 0 Å². The molecule has 4 rings (SSSR count). The second kappa shape index (κ2) is 9.26. The van der Waals surface area contributed by atoms with Crippen LogP contribution in [0.3, 0.4) is 0 Å². The molecule has 1 aliphatic carbocycles. The Morgan fingerprint density at radius 2 is 1.87 bits per heavy atom. The van der Waals surface area contributed by atoms with Gasteiger partial charge in [0, 0.05) is 29.9 Å². The van der Waals surface area contributed by atoms with E-state index in [9.17, 15) is 9.59 Å². The van der Waals surface area contributed by atoms with E-state index in [1.165, 1.54) is 7.11 Å². The minimum atomic E-state index is -0.535. The fourth-order valence-electron chi connectivity index (χ4n) is 4.09. The van der Waals surface area contributed by atoms with Crippen LogP contribution in [0.1, 0.15) is 41.6 Å². The number of carbonyl (C=O) groups is 2. The quantitative estimate of drug-likeness (QED) is 0.760. The monoisotopic (exact) mass is 425 g/mol. The van der Waals surface area contributed by atoms with Crippen LogP contribution in [0.5, 0.6) is 11.5 Å². The molecule has 0 saturated heterocycles. The summed E-state index contributed by atoms with van der Waals surface area (Å²) in [6, 6.07) is 13.0. The molecular weight excluding hydrogens is 398 g/mol. The summed E-state index contributed by atoms with van der Waals surface area (Å²) >= 11 is 0. The number of hydrogen-bond acceptors (Lipinski definition) is 6. The number of nitrogens with two attached hydrogens (primary N) is 1. The number of fused-ring (bicyclic) bond motifs is 1. The average Bonchev–Trinajstić information content (AvgIpc) is 3.26. The Balaban J connectivity index is 1.58. The zero-order valence-corrected chi connectivity index (χ0v) is 17.5. The van der Waals surface area contributed by atoms with Crippen molar-refractivity contribution in [1.29, 1.82) is 0 Å². The SMILES string of the molecule is COC(=O)Nc1cccc(CN(C(=O)c2ccc3c(c2)OCO3)C2CCC(N)CC2)c1. The summed E-state index contributed by atoms with van der Waals surface area (Å²) < 4.78 is 15.5. The number of benzene rings is 2. The summed E-state index contributed by atoms with van der Waals surface area (Å²) in [4.78, 5) is 27.0. The van der Waals surface area contributed by atoms with Crippen LogP contribution < -0.4 is 20.5 Å². The lowest BCUT2D eigenvalue weighted by Crippen LogP contribution is -2.43. The molecule has 31 heavy (non-hydrogen) atoms. The molecule has 2 amide bonds. The Hall–Kier alpha value is -3.26. The summed E-state index contributed by atoms with van der Waals surface area (Å²) in [6.45, 7) is 0.584. The van der Waals surface area contributed by atoms with E-state index in [4.69, 9.17) is 15.2 Å². The second-order valence-electron chi connectivity index (χ2n) is 7.89. The van der Waals surface area contributed by atoms with E-state index in [1.807, 2.05) is 23.1 Å². The summed E-state index contributed by atoms with van der Waals surface area (Å²) in [5.41, 5.74) is 8.18. The van der Waals surface area contributed by atoms with Gasteiger partial charge in [-0.1, -0.05) is 12.1 Å². The van der Waals surface area contributed by atoms with Crippen LogP contribution in [-0.4, -0.2) is 42.9 Å². The highest BCUT2D eigenvalue weighted by atomic mass is 16.7. The zero-order chi connectivity index (χ0) is 21.8. The molecule has 0 aromatic heterocycles. The molecule has 2 aromatic rings. The number of amides is 2. The maximum atomic E-state index is 13.5. The number of ether oxygens (including phenoxy) is 3. The topological polar surface area (TPSA) is 103 Å².